The summed E-state index contributed by atoms with van der Waals surface area (Å²) in [5.41, 5.74) is 2.79. The van der Waals surface area contributed by atoms with Gasteiger partial charge < -0.3 is 10.2 Å². The van der Waals surface area contributed by atoms with Crippen LogP contribution in [0, 0.1) is 6.92 Å². The van der Waals surface area contributed by atoms with Crippen molar-refractivity contribution in [2.45, 2.75) is 63.2 Å². The predicted molar refractivity (Wildman–Crippen MR) is 133 cm³/mol. The molecule has 2 aliphatic heterocycles. The number of nitrogens with one attached hydrogen (secondary N) is 1. The lowest BCUT2D eigenvalue weighted by molar-refractivity contribution is 0.102. The fraction of sp³-hybridized carbons (Fsp3) is 0.500. The van der Waals surface area contributed by atoms with Gasteiger partial charge >= 0.3 is 0 Å². The quantitative estimate of drug-likeness (QED) is 0.654. The normalized spacial score (nSPS) is 18.4. The van der Waals surface area contributed by atoms with Gasteiger partial charge in [0.15, 0.2) is 0 Å². The number of sulfonamides is 1. The van der Waals surface area contributed by atoms with E-state index in [-0.39, 0.29) is 10.8 Å². The number of aryl methyl sites for hydroxylation is 1. The molecule has 0 bridgehead atoms. The molecule has 1 amide bonds. The fourth-order valence-electron chi connectivity index (χ4n) is 4.76. The van der Waals surface area contributed by atoms with Crippen LogP contribution >= 0.6 is 0 Å². The molecule has 0 aliphatic carbocycles. The summed E-state index contributed by atoms with van der Waals surface area (Å²) in [6.07, 6.45) is 8.33. The first-order chi connectivity index (χ1) is 16.0. The number of benzene rings is 2. The molecule has 178 valence electrons. The van der Waals surface area contributed by atoms with E-state index in [1.54, 1.807) is 16.4 Å². The van der Waals surface area contributed by atoms with Gasteiger partial charge in [-0.05, 0) is 62.4 Å². The third-order valence-corrected chi connectivity index (χ3v) is 8.67. The van der Waals surface area contributed by atoms with E-state index < -0.39 is 10.0 Å². The standard InChI is InChI=1S/C26H35N3O3S/c1-21-12-6-7-13-23(21)27-26(30)22-14-15-24(28-16-8-2-3-9-17-28)25(20-22)33(31,32)29-18-10-4-5-11-19-29/h6-7,12-15,20H,2-5,8-11,16-19H2,1H3,(H,27,30). The molecule has 2 fully saturated rings. The van der Waals surface area contributed by atoms with Crippen LogP contribution in [0.25, 0.3) is 0 Å². The van der Waals surface area contributed by atoms with Crippen LogP contribution in [0.3, 0.4) is 0 Å². The Kier molecular flexibility index (Phi) is 7.71. The molecule has 2 saturated heterocycles. The van der Waals surface area contributed by atoms with Crippen LogP contribution in [-0.4, -0.2) is 44.8 Å². The Morgan fingerprint density at radius 2 is 1.42 bits per heavy atom. The summed E-state index contributed by atoms with van der Waals surface area (Å²) in [6.45, 7) is 4.71. The highest BCUT2D eigenvalue weighted by Crippen LogP contribution is 2.32. The molecular formula is C26H35N3O3S. The second-order valence-corrected chi connectivity index (χ2v) is 11.1. The van der Waals surface area contributed by atoms with E-state index in [4.69, 9.17) is 0 Å². The average Bonchev–Trinajstić information content (AvgIpc) is 3.26. The lowest BCUT2D eigenvalue weighted by Gasteiger charge is -2.28. The van der Waals surface area contributed by atoms with Crippen LogP contribution in [0.1, 0.15) is 67.3 Å². The zero-order chi connectivity index (χ0) is 23.3. The lowest BCUT2D eigenvalue weighted by atomic mass is 10.1. The molecule has 0 aromatic heterocycles. The summed E-state index contributed by atoms with van der Waals surface area (Å²) in [5, 5.41) is 2.94. The molecule has 4 rings (SSSR count). The zero-order valence-electron chi connectivity index (χ0n) is 19.6. The second-order valence-electron chi connectivity index (χ2n) is 9.17. The van der Waals surface area contributed by atoms with Crippen molar-refractivity contribution < 1.29 is 13.2 Å². The first-order valence-corrected chi connectivity index (χ1v) is 13.7. The first kappa shape index (κ1) is 23.8. The molecule has 2 aromatic carbocycles. The number of nitrogens with zero attached hydrogens (tertiary/aromatic N) is 2. The Balaban J connectivity index is 1.71. The maximum atomic E-state index is 13.8. The van der Waals surface area contributed by atoms with Crippen LogP contribution in [0.5, 0.6) is 0 Å². The predicted octanol–water partition coefficient (Wildman–Crippen LogP) is 5.19. The highest BCUT2D eigenvalue weighted by Gasteiger charge is 2.30. The Labute approximate surface area is 198 Å². The van der Waals surface area contributed by atoms with E-state index in [1.165, 1.54) is 12.8 Å². The number of carbonyl (C=O) groups is 1. The van der Waals surface area contributed by atoms with Crippen molar-refractivity contribution in [2.75, 3.05) is 36.4 Å². The number of anilines is 2. The lowest BCUT2D eigenvalue weighted by Crippen LogP contribution is -2.34. The number of hydrogen-bond acceptors (Lipinski definition) is 4. The van der Waals surface area contributed by atoms with Crippen LogP contribution in [0.15, 0.2) is 47.4 Å². The van der Waals surface area contributed by atoms with E-state index >= 15 is 0 Å². The van der Waals surface area contributed by atoms with Gasteiger partial charge in [-0.1, -0.05) is 43.9 Å². The van der Waals surface area contributed by atoms with Crippen molar-refractivity contribution in [1.82, 2.24) is 4.31 Å². The first-order valence-electron chi connectivity index (χ1n) is 12.2. The van der Waals surface area contributed by atoms with E-state index in [0.29, 0.717) is 18.7 Å². The van der Waals surface area contributed by atoms with E-state index in [0.717, 1.165) is 68.6 Å². The molecule has 1 N–H and O–H groups in total. The van der Waals surface area contributed by atoms with E-state index in [9.17, 15) is 13.2 Å². The van der Waals surface area contributed by atoms with Crippen molar-refractivity contribution in [3.8, 4) is 0 Å². The van der Waals surface area contributed by atoms with Crippen molar-refractivity contribution >= 4 is 27.3 Å². The van der Waals surface area contributed by atoms with Gasteiger partial charge in [-0.25, -0.2) is 8.42 Å². The third kappa shape index (κ3) is 5.58. The molecular weight excluding hydrogens is 434 g/mol. The Morgan fingerprint density at radius 3 is 2.06 bits per heavy atom. The Bertz CT molecular complexity index is 1070. The number of para-hydroxylation sites is 1. The van der Waals surface area contributed by atoms with Crippen molar-refractivity contribution in [3.63, 3.8) is 0 Å². The Hall–Kier alpha value is -2.38. The monoisotopic (exact) mass is 469 g/mol. The third-order valence-electron chi connectivity index (χ3n) is 6.74. The van der Waals surface area contributed by atoms with Gasteiger partial charge in [0.1, 0.15) is 4.90 Å². The molecule has 0 spiro atoms. The molecule has 33 heavy (non-hydrogen) atoms. The zero-order valence-corrected chi connectivity index (χ0v) is 20.4. The molecule has 6 nitrogen and oxygen atoms in total. The minimum absolute atomic E-state index is 0.267. The smallest absolute Gasteiger partial charge is 0.255 e. The van der Waals surface area contributed by atoms with E-state index in [2.05, 4.69) is 10.2 Å². The van der Waals surface area contributed by atoms with Crippen LogP contribution in [0.2, 0.25) is 0 Å². The van der Waals surface area contributed by atoms with Crippen LogP contribution in [0.4, 0.5) is 11.4 Å². The van der Waals surface area contributed by atoms with Crippen molar-refractivity contribution in [3.05, 3.63) is 53.6 Å². The van der Waals surface area contributed by atoms with Crippen LogP contribution in [-0.2, 0) is 10.0 Å². The molecule has 7 heteroatoms. The Morgan fingerprint density at radius 1 is 0.818 bits per heavy atom. The van der Waals surface area contributed by atoms with Gasteiger partial charge in [-0.3, -0.25) is 4.79 Å². The molecule has 0 saturated carbocycles. The summed E-state index contributed by atoms with van der Waals surface area (Å²) in [5.74, 6) is -0.293. The van der Waals surface area contributed by atoms with Gasteiger partial charge in [-0.2, -0.15) is 4.31 Å². The average molecular weight is 470 g/mol. The summed E-state index contributed by atoms with van der Waals surface area (Å²) < 4.78 is 29.3. The molecule has 0 atom stereocenters. The van der Waals surface area contributed by atoms with Crippen molar-refractivity contribution in [1.29, 1.82) is 0 Å². The fourth-order valence-corrected chi connectivity index (χ4v) is 6.52. The summed E-state index contributed by atoms with van der Waals surface area (Å²) >= 11 is 0. The summed E-state index contributed by atoms with van der Waals surface area (Å²) in [4.78, 5) is 15.5. The molecule has 0 radical (unpaired) electrons. The molecule has 2 heterocycles. The highest BCUT2D eigenvalue weighted by molar-refractivity contribution is 7.89. The maximum absolute atomic E-state index is 13.8. The van der Waals surface area contributed by atoms with Gasteiger partial charge in [-0.15, -0.1) is 0 Å². The number of carbonyl (C=O) groups excluding carboxylic acids is 1. The van der Waals surface area contributed by atoms with Gasteiger partial charge in [0, 0.05) is 37.4 Å². The maximum Gasteiger partial charge on any atom is 0.255 e. The molecule has 2 aliphatic rings. The number of hydrogen-bond donors (Lipinski definition) is 1. The molecule has 0 unspecified atom stereocenters. The molecule has 2 aromatic rings. The van der Waals surface area contributed by atoms with Crippen molar-refractivity contribution in [2.24, 2.45) is 0 Å². The number of rotatable bonds is 5. The second kappa shape index (κ2) is 10.7. The minimum Gasteiger partial charge on any atom is -0.370 e. The van der Waals surface area contributed by atoms with Gasteiger partial charge in [0.05, 0.1) is 5.69 Å². The minimum atomic E-state index is -3.70. The topological polar surface area (TPSA) is 69.7 Å². The number of amides is 1. The summed E-state index contributed by atoms with van der Waals surface area (Å²) in [7, 11) is -3.70. The summed E-state index contributed by atoms with van der Waals surface area (Å²) in [6, 6.07) is 12.8. The SMILES string of the molecule is Cc1ccccc1NC(=O)c1ccc(N2CCCCCC2)c(S(=O)(=O)N2CCCCCC2)c1. The van der Waals surface area contributed by atoms with Gasteiger partial charge in [0.2, 0.25) is 10.0 Å². The highest BCUT2D eigenvalue weighted by atomic mass is 32.2. The van der Waals surface area contributed by atoms with Gasteiger partial charge in [0.25, 0.3) is 5.91 Å². The van der Waals surface area contributed by atoms with Crippen LogP contribution < -0.4 is 10.2 Å². The largest absolute Gasteiger partial charge is 0.370 e. The van der Waals surface area contributed by atoms with E-state index in [1.807, 2.05) is 37.3 Å².